The summed E-state index contributed by atoms with van der Waals surface area (Å²) < 4.78 is 2.07. The molecule has 3 aliphatic rings. The normalized spacial score (nSPS) is 18.1. The zero-order valence-corrected chi connectivity index (χ0v) is 31.2. The number of likely N-dealkylation sites (tertiary alicyclic amines) is 1. The molecule has 7 N–H and O–H groups in total. The van der Waals surface area contributed by atoms with Gasteiger partial charge in [0.1, 0.15) is 17.2 Å². The van der Waals surface area contributed by atoms with Gasteiger partial charge in [0.2, 0.25) is 5.91 Å². The second-order valence-corrected chi connectivity index (χ2v) is 14.6. The minimum absolute atomic E-state index is 0.00473. The van der Waals surface area contributed by atoms with Crippen molar-refractivity contribution in [2.24, 2.45) is 17.4 Å². The Balaban J connectivity index is 1.29. The van der Waals surface area contributed by atoms with Crippen molar-refractivity contribution >= 4 is 44.8 Å². The summed E-state index contributed by atoms with van der Waals surface area (Å²) >= 11 is 0. The fourth-order valence-electron chi connectivity index (χ4n) is 6.90. The van der Waals surface area contributed by atoms with Crippen LogP contribution in [0.15, 0.2) is 65.9 Å². The first-order chi connectivity index (χ1) is 25.1. The molecule has 0 spiro atoms. The number of anilines is 2. The Bertz CT molecular complexity index is 1980. The van der Waals surface area contributed by atoms with E-state index in [1.54, 1.807) is 32.3 Å². The second kappa shape index (κ2) is 14.6. The van der Waals surface area contributed by atoms with Gasteiger partial charge in [-0.1, -0.05) is 25.1 Å². The van der Waals surface area contributed by atoms with E-state index in [0.29, 0.717) is 24.5 Å². The number of carbonyl (C=O) groups excluding carboxylic acids is 3. The molecule has 1 saturated heterocycles. The van der Waals surface area contributed by atoms with Crippen molar-refractivity contribution in [3.05, 3.63) is 83.0 Å². The summed E-state index contributed by atoms with van der Waals surface area (Å²) in [4.78, 5) is 48.2. The maximum absolute atomic E-state index is 13.1. The number of nitrogens with two attached hydrogens (primary N) is 2. The molecule has 0 bridgehead atoms. The van der Waals surface area contributed by atoms with Crippen LogP contribution < -0.4 is 32.3 Å². The topological polar surface area (TPSA) is 180 Å². The summed E-state index contributed by atoms with van der Waals surface area (Å²) in [6.07, 6.45) is 5.80. The highest BCUT2D eigenvalue weighted by Gasteiger charge is 2.43. The van der Waals surface area contributed by atoms with Crippen molar-refractivity contribution < 1.29 is 14.4 Å². The third kappa shape index (κ3) is 7.37. The summed E-state index contributed by atoms with van der Waals surface area (Å²) in [5.41, 5.74) is 18.2. The van der Waals surface area contributed by atoms with Gasteiger partial charge in [0.15, 0.2) is 0 Å². The smallest absolute Gasteiger partial charge is 0.271 e. The van der Waals surface area contributed by atoms with E-state index in [9.17, 15) is 14.4 Å². The molecule has 4 radical (unpaired) electrons. The van der Waals surface area contributed by atoms with Crippen LogP contribution in [-0.2, 0) is 14.9 Å². The van der Waals surface area contributed by atoms with Crippen molar-refractivity contribution in [3.63, 3.8) is 0 Å². The summed E-state index contributed by atoms with van der Waals surface area (Å²) in [6.45, 7) is 6.87. The van der Waals surface area contributed by atoms with E-state index in [1.165, 1.54) is 11.0 Å². The van der Waals surface area contributed by atoms with Crippen LogP contribution in [0.25, 0.3) is 11.1 Å². The van der Waals surface area contributed by atoms with Gasteiger partial charge in [0.05, 0.1) is 56.7 Å². The molecule has 14 nitrogen and oxygen atoms in total. The number of nitrogens with one attached hydrogen (secondary N) is 3. The average Bonchev–Trinajstić information content (AvgIpc) is 3.86. The summed E-state index contributed by atoms with van der Waals surface area (Å²) in [5, 5.41) is 12.4. The monoisotopic (exact) mass is 715 g/mol. The molecule has 1 saturated carbocycles. The number of rotatable bonds is 12. The standard InChI is InChI=1S/C37H47B2N11O3/c1-7-28-33-24(17-42-50(33)22-18-49(19-22)37(38,39)29-13-9-12-26(45-29)36(53)47(4)5)23-10-8-11-25(32(23)48(28)6)44-27(31(41)35(52)43-20(2)3)16-30(40)46-34(51)21-14-15-21/h8-13,16-17,20-22,28,44H,7,14-15,18-19,40-41H2,1-6H3,(H,43,52)(H,46,51)/b30-16+,31-27+. The number of nitrogens with zero attached hydrogens (tertiary/aromatic N) is 6. The largest absolute Gasteiger partial charge is 0.393 e. The fourth-order valence-corrected chi connectivity index (χ4v) is 6.90. The molecule has 3 amide bonds. The highest BCUT2D eigenvalue weighted by molar-refractivity contribution is 6.39. The number of benzene rings is 1. The van der Waals surface area contributed by atoms with E-state index in [0.717, 1.165) is 41.8 Å². The van der Waals surface area contributed by atoms with Gasteiger partial charge in [-0.05, 0) is 56.6 Å². The van der Waals surface area contributed by atoms with Gasteiger partial charge < -0.3 is 42.1 Å². The van der Waals surface area contributed by atoms with Crippen LogP contribution in [0.5, 0.6) is 0 Å². The molecule has 2 fully saturated rings. The van der Waals surface area contributed by atoms with Crippen molar-refractivity contribution in [2.45, 2.75) is 63.5 Å². The van der Waals surface area contributed by atoms with Crippen molar-refractivity contribution in [1.29, 1.82) is 0 Å². The highest BCUT2D eigenvalue weighted by Crippen LogP contribution is 2.50. The Morgan fingerprint density at radius 3 is 2.42 bits per heavy atom. The number of fused-ring (bicyclic) bond motifs is 3. The molecule has 274 valence electrons. The van der Waals surface area contributed by atoms with Crippen LogP contribution in [0.2, 0.25) is 0 Å². The third-order valence-electron chi connectivity index (χ3n) is 9.94. The van der Waals surface area contributed by atoms with Gasteiger partial charge in [0.25, 0.3) is 11.8 Å². The molecule has 4 heterocycles. The molecule has 6 rings (SSSR count). The van der Waals surface area contributed by atoms with E-state index < -0.39 is 11.2 Å². The average molecular weight is 715 g/mol. The number of amides is 3. The van der Waals surface area contributed by atoms with Gasteiger partial charge >= 0.3 is 0 Å². The van der Waals surface area contributed by atoms with E-state index in [4.69, 9.17) is 32.3 Å². The van der Waals surface area contributed by atoms with Crippen LogP contribution in [0, 0.1) is 5.92 Å². The molecule has 1 unspecified atom stereocenters. The number of carbonyl (C=O) groups is 3. The van der Waals surface area contributed by atoms with Crippen LogP contribution in [0.3, 0.4) is 0 Å². The lowest BCUT2D eigenvalue weighted by molar-refractivity contribution is -0.121. The van der Waals surface area contributed by atoms with Gasteiger partial charge in [-0.15, -0.1) is 0 Å². The molecule has 16 heteroatoms. The molecule has 1 aliphatic carbocycles. The van der Waals surface area contributed by atoms with E-state index in [1.807, 2.05) is 50.2 Å². The Morgan fingerprint density at radius 1 is 1.08 bits per heavy atom. The molecule has 3 aromatic rings. The van der Waals surface area contributed by atoms with Crippen LogP contribution >= 0.6 is 0 Å². The highest BCUT2D eigenvalue weighted by atomic mass is 16.2. The van der Waals surface area contributed by atoms with Gasteiger partial charge in [-0.3, -0.25) is 19.1 Å². The predicted octanol–water partition coefficient (Wildman–Crippen LogP) is 1.99. The number of hydrogen-bond donors (Lipinski definition) is 5. The first kappa shape index (κ1) is 37.5. The number of para-hydroxylation sites is 1. The first-order valence-corrected chi connectivity index (χ1v) is 17.9. The van der Waals surface area contributed by atoms with Crippen LogP contribution in [-0.4, -0.2) is 98.3 Å². The van der Waals surface area contributed by atoms with Gasteiger partial charge in [-0.25, -0.2) is 4.98 Å². The molecule has 53 heavy (non-hydrogen) atoms. The zero-order valence-electron chi connectivity index (χ0n) is 31.2. The van der Waals surface area contributed by atoms with E-state index >= 15 is 0 Å². The predicted molar refractivity (Wildman–Crippen MR) is 206 cm³/mol. The Labute approximate surface area is 313 Å². The number of aromatic nitrogens is 3. The summed E-state index contributed by atoms with van der Waals surface area (Å²) in [7, 11) is 18.7. The number of pyridine rings is 1. The van der Waals surface area contributed by atoms with Crippen LogP contribution in [0.1, 0.15) is 74.0 Å². The van der Waals surface area contributed by atoms with Crippen LogP contribution in [0.4, 0.5) is 11.4 Å². The van der Waals surface area contributed by atoms with Gasteiger partial charge in [0, 0.05) is 69.1 Å². The fraction of sp³-hybridized carbons (Fsp3) is 0.432. The molecule has 2 aliphatic heterocycles. The second-order valence-electron chi connectivity index (χ2n) is 14.6. The Morgan fingerprint density at radius 2 is 1.77 bits per heavy atom. The summed E-state index contributed by atoms with van der Waals surface area (Å²) in [5.74, 6) is -0.823. The van der Waals surface area contributed by atoms with Crippen molar-refractivity contribution in [2.75, 3.05) is 44.4 Å². The Hall–Kier alpha value is -5.24. The van der Waals surface area contributed by atoms with Crippen molar-refractivity contribution in [3.8, 4) is 11.1 Å². The maximum Gasteiger partial charge on any atom is 0.271 e. The minimum atomic E-state index is -1.39. The third-order valence-corrected chi connectivity index (χ3v) is 9.94. The first-order valence-electron chi connectivity index (χ1n) is 17.9. The summed E-state index contributed by atoms with van der Waals surface area (Å²) in [6, 6.07) is 10.8. The molecule has 1 aromatic carbocycles. The molecule has 2 aromatic heterocycles. The lowest BCUT2D eigenvalue weighted by Gasteiger charge is -2.50. The molecular formula is C37H47B2N11O3. The van der Waals surface area contributed by atoms with Gasteiger partial charge in [-0.2, -0.15) is 5.10 Å². The maximum atomic E-state index is 13.1. The zero-order chi connectivity index (χ0) is 38.4. The Kier molecular flexibility index (Phi) is 10.4. The van der Waals surface area contributed by atoms with E-state index in [-0.39, 0.29) is 58.8 Å². The number of hydrogen-bond acceptors (Lipinski definition) is 10. The van der Waals surface area contributed by atoms with E-state index in [2.05, 4.69) is 37.4 Å². The lowest BCUT2D eigenvalue weighted by atomic mass is 9.57. The molecule has 1 atom stereocenters. The van der Waals surface area contributed by atoms with Crippen molar-refractivity contribution in [1.82, 2.24) is 35.2 Å². The molecular weight excluding hydrogens is 668 g/mol. The SMILES string of the molecule is [B]C([B])(c1cccc(C(=O)N(C)C)n1)N1CC(n2ncc3c2C(CC)N(C)c2c(NC(/C=C(\N)NC(=O)C4CC4)=C(/N)C(=O)NC(C)C)cccc2-3)C1. The number of allylic oxidation sites excluding steroid dienone is 1. The minimum Gasteiger partial charge on any atom is -0.393 e. The quantitative estimate of drug-likeness (QED) is 0.106. The lowest BCUT2D eigenvalue weighted by Crippen LogP contribution is -2.60.